The van der Waals surface area contributed by atoms with Crippen molar-refractivity contribution in [3.63, 3.8) is 0 Å². The Morgan fingerprint density at radius 2 is 1.90 bits per heavy atom. The molecule has 1 aliphatic rings. The van der Waals surface area contributed by atoms with Gasteiger partial charge in [-0.1, -0.05) is 19.1 Å². The summed E-state index contributed by atoms with van der Waals surface area (Å²) in [5.74, 6) is 2.73. The summed E-state index contributed by atoms with van der Waals surface area (Å²) in [6, 6.07) is 10.5. The summed E-state index contributed by atoms with van der Waals surface area (Å²) in [5, 5.41) is 6.75. The molecule has 0 saturated carbocycles. The fourth-order valence-corrected chi connectivity index (χ4v) is 3.71. The van der Waals surface area contributed by atoms with Gasteiger partial charge in [-0.2, -0.15) is 0 Å². The van der Waals surface area contributed by atoms with Gasteiger partial charge in [-0.15, -0.1) is 0 Å². The van der Waals surface area contributed by atoms with E-state index in [0.29, 0.717) is 13.1 Å². The summed E-state index contributed by atoms with van der Waals surface area (Å²) < 4.78 is 5.52. The molecule has 3 rings (SSSR count). The topological polar surface area (TPSA) is 65.0 Å². The van der Waals surface area contributed by atoms with Crippen molar-refractivity contribution in [2.45, 2.75) is 33.9 Å². The molecule has 7 heteroatoms. The van der Waals surface area contributed by atoms with E-state index in [-0.39, 0.29) is 0 Å². The van der Waals surface area contributed by atoms with Gasteiger partial charge in [0.2, 0.25) is 0 Å². The highest BCUT2D eigenvalue weighted by atomic mass is 16.5. The molecule has 7 nitrogen and oxygen atoms in total. The number of methoxy groups -OCH3 is 1. The van der Waals surface area contributed by atoms with Crippen molar-refractivity contribution in [2.75, 3.05) is 51.3 Å². The average Bonchev–Trinajstić information content (AvgIpc) is 2.81. The number of rotatable bonds is 8. The Morgan fingerprint density at radius 3 is 2.61 bits per heavy atom. The number of aryl methyl sites for hydroxylation is 1. The van der Waals surface area contributed by atoms with Crippen LogP contribution in [0, 0.1) is 6.92 Å². The number of hydrogen-bond acceptors (Lipinski definition) is 5. The summed E-state index contributed by atoms with van der Waals surface area (Å²) in [4.78, 5) is 14.2. The first-order valence-corrected chi connectivity index (χ1v) is 11.2. The van der Waals surface area contributed by atoms with E-state index in [1.165, 1.54) is 5.56 Å². The number of aliphatic imine (C=N–C) groups is 1. The summed E-state index contributed by atoms with van der Waals surface area (Å²) in [5.41, 5.74) is 3.45. The molecule has 0 spiro atoms. The van der Waals surface area contributed by atoms with Crippen molar-refractivity contribution in [3.05, 3.63) is 53.2 Å². The lowest BCUT2D eigenvalue weighted by atomic mass is 10.1. The van der Waals surface area contributed by atoms with Gasteiger partial charge in [-0.25, -0.2) is 9.98 Å². The van der Waals surface area contributed by atoms with Crippen LogP contribution in [-0.2, 0) is 13.1 Å². The van der Waals surface area contributed by atoms with Gasteiger partial charge in [-0.3, -0.25) is 0 Å². The Bertz CT molecular complexity index is 861. The second kappa shape index (κ2) is 11.6. The zero-order valence-electron chi connectivity index (χ0n) is 19.3. The molecule has 2 heterocycles. The smallest absolute Gasteiger partial charge is 0.191 e. The highest BCUT2D eigenvalue weighted by molar-refractivity contribution is 5.79. The van der Waals surface area contributed by atoms with Crippen molar-refractivity contribution in [2.24, 2.45) is 4.99 Å². The third-order valence-corrected chi connectivity index (χ3v) is 5.61. The maximum Gasteiger partial charge on any atom is 0.191 e. The second-order valence-electron chi connectivity index (χ2n) is 7.81. The maximum absolute atomic E-state index is 5.52. The highest BCUT2D eigenvalue weighted by Gasteiger charge is 2.16. The molecule has 0 aliphatic carbocycles. The van der Waals surface area contributed by atoms with Gasteiger partial charge < -0.3 is 25.2 Å². The molecule has 0 radical (unpaired) electrons. The van der Waals surface area contributed by atoms with Crippen LogP contribution in [0.25, 0.3) is 0 Å². The number of nitrogens with zero attached hydrogens (tertiary/aromatic N) is 4. The van der Waals surface area contributed by atoms with Crippen LogP contribution in [0.5, 0.6) is 5.75 Å². The first-order chi connectivity index (χ1) is 15.1. The van der Waals surface area contributed by atoms with Crippen LogP contribution in [0.3, 0.4) is 0 Å². The fraction of sp³-hybridized carbons (Fsp3) is 0.500. The molecule has 1 saturated heterocycles. The van der Waals surface area contributed by atoms with Crippen LogP contribution in [0.15, 0.2) is 41.5 Å². The van der Waals surface area contributed by atoms with E-state index < -0.39 is 0 Å². The molecule has 31 heavy (non-hydrogen) atoms. The standard InChI is InChI=1S/C24H36N6O/c1-5-25-24(28-18-21-8-7-19(3)15-22(21)31-4)27-17-20-9-10-26-23(16-20)30-13-11-29(6-2)12-14-30/h7-10,15-16H,5-6,11-14,17-18H2,1-4H3,(H2,25,27,28). The zero-order valence-corrected chi connectivity index (χ0v) is 19.3. The van der Waals surface area contributed by atoms with Crippen molar-refractivity contribution in [3.8, 4) is 5.75 Å². The summed E-state index contributed by atoms with van der Waals surface area (Å²) in [6.07, 6.45) is 1.89. The predicted octanol–water partition coefficient (Wildman–Crippen LogP) is 2.80. The summed E-state index contributed by atoms with van der Waals surface area (Å²) in [7, 11) is 1.71. The molecule has 1 aromatic carbocycles. The molecule has 0 bridgehead atoms. The summed E-state index contributed by atoms with van der Waals surface area (Å²) >= 11 is 0. The Hall–Kier alpha value is -2.80. The van der Waals surface area contributed by atoms with Crippen molar-refractivity contribution in [1.29, 1.82) is 0 Å². The lowest BCUT2D eigenvalue weighted by molar-refractivity contribution is 0.270. The minimum Gasteiger partial charge on any atom is -0.496 e. The minimum absolute atomic E-state index is 0.602. The maximum atomic E-state index is 5.52. The third-order valence-electron chi connectivity index (χ3n) is 5.61. The molecule has 1 aromatic heterocycles. The molecular weight excluding hydrogens is 388 g/mol. The number of benzene rings is 1. The largest absolute Gasteiger partial charge is 0.496 e. The van der Waals surface area contributed by atoms with Crippen LogP contribution in [0.4, 0.5) is 5.82 Å². The first kappa shape index (κ1) is 22.9. The monoisotopic (exact) mass is 424 g/mol. The van der Waals surface area contributed by atoms with E-state index >= 15 is 0 Å². The van der Waals surface area contributed by atoms with Crippen LogP contribution in [0.1, 0.15) is 30.5 Å². The van der Waals surface area contributed by atoms with Gasteiger partial charge in [0.15, 0.2) is 5.96 Å². The van der Waals surface area contributed by atoms with Crippen molar-refractivity contribution < 1.29 is 4.74 Å². The van der Waals surface area contributed by atoms with Gasteiger partial charge in [-0.05, 0) is 49.7 Å². The van der Waals surface area contributed by atoms with E-state index in [9.17, 15) is 0 Å². The molecule has 0 unspecified atom stereocenters. The molecule has 2 N–H and O–H groups in total. The third kappa shape index (κ3) is 6.59. The first-order valence-electron chi connectivity index (χ1n) is 11.2. The van der Waals surface area contributed by atoms with Gasteiger partial charge in [0, 0.05) is 51.0 Å². The number of aromatic nitrogens is 1. The molecule has 0 atom stereocenters. The van der Waals surface area contributed by atoms with E-state index in [4.69, 9.17) is 9.73 Å². The Kier molecular flexibility index (Phi) is 8.53. The molecule has 1 fully saturated rings. The SMILES string of the molecule is CCNC(=NCc1ccnc(N2CCN(CC)CC2)c1)NCc1ccc(C)cc1OC. The molecule has 0 amide bonds. The van der Waals surface area contributed by atoms with E-state index in [1.807, 2.05) is 12.3 Å². The normalized spacial score (nSPS) is 15.1. The van der Waals surface area contributed by atoms with Crippen LogP contribution in [-0.4, -0.2) is 62.2 Å². The average molecular weight is 425 g/mol. The minimum atomic E-state index is 0.602. The Morgan fingerprint density at radius 1 is 1.10 bits per heavy atom. The Labute approximate surface area is 186 Å². The number of hydrogen-bond donors (Lipinski definition) is 2. The molecule has 1 aliphatic heterocycles. The van der Waals surface area contributed by atoms with Crippen molar-refractivity contribution >= 4 is 11.8 Å². The molecule has 2 aromatic rings. The van der Waals surface area contributed by atoms with Crippen LogP contribution >= 0.6 is 0 Å². The molecule has 168 valence electrons. The fourth-order valence-electron chi connectivity index (χ4n) is 3.71. The van der Waals surface area contributed by atoms with E-state index in [0.717, 1.165) is 67.9 Å². The predicted molar refractivity (Wildman–Crippen MR) is 128 cm³/mol. The van der Waals surface area contributed by atoms with Gasteiger partial charge in [0.1, 0.15) is 11.6 Å². The number of nitrogens with one attached hydrogen (secondary N) is 2. The van der Waals surface area contributed by atoms with Gasteiger partial charge in [0.25, 0.3) is 0 Å². The van der Waals surface area contributed by atoms with Crippen molar-refractivity contribution in [1.82, 2.24) is 20.5 Å². The lowest BCUT2D eigenvalue weighted by Crippen LogP contribution is -2.46. The highest BCUT2D eigenvalue weighted by Crippen LogP contribution is 2.19. The van der Waals surface area contributed by atoms with Gasteiger partial charge in [0.05, 0.1) is 13.7 Å². The molecular formula is C24H36N6O. The second-order valence-corrected chi connectivity index (χ2v) is 7.81. The lowest BCUT2D eigenvalue weighted by Gasteiger charge is -2.34. The number of ether oxygens (including phenoxy) is 1. The number of anilines is 1. The number of piperazine rings is 1. The summed E-state index contributed by atoms with van der Waals surface area (Å²) in [6.45, 7) is 13.8. The van der Waals surface area contributed by atoms with E-state index in [1.54, 1.807) is 7.11 Å². The quantitative estimate of drug-likeness (QED) is 0.502. The Balaban J connectivity index is 1.63. The van der Waals surface area contributed by atoms with Crippen LogP contribution < -0.4 is 20.3 Å². The number of likely N-dealkylation sites (N-methyl/N-ethyl adjacent to an activating group) is 1. The zero-order chi connectivity index (χ0) is 22.1. The number of pyridine rings is 1. The number of guanidine groups is 1. The van der Waals surface area contributed by atoms with Crippen LogP contribution in [0.2, 0.25) is 0 Å². The van der Waals surface area contributed by atoms with E-state index in [2.05, 4.69) is 70.5 Å². The van der Waals surface area contributed by atoms with Gasteiger partial charge >= 0.3 is 0 Å².